The van der Waals surface area contributed by atoms with E-state index >= 15 is 0 Å². The van der Waals surface area contributed by atoms with Crippen molar-refractivity contribution in [3.8, 4) is 17.0 Å². The molecule has 1 unspecified atom stereocenters. The molecular formula is C19H27N3O4S. The molecule has 0 saturated carbocycles. The Morgan fingerprint density at radius 1 is 1.37 bits per heavy atom. The summed E-state index contributed by atoms with van der Waals surface area (Å²) in [6.45, 7) is 5.35. The normalized spacial score (nSPS) is 12.2. The lowest BCUT2D eigenvalue weighted by atomic mass is 9.96. The fourth-order valence-electron chi connectivity index (χ4n) is 2.46. The molecule has 1 heterocycles. The van der Waals surface area contributed by atoms with Crippen LogP contribution in [0.15, 0.2) is 23.6 Å². The lowest BCUT2D eigenvalue weighted by Gasteiger charge is -2.17. The highest BCUT2D eigenvalue weighted by Gasteiger charge is 2.15. The molecule has 0 aliphatic rings. The van der Waals surface area contributed by atoms with Crippen molar-refractivity contribution >= 4 is 22.6 Å². The van der Waals surface area contributed by atoms with Crippen LogP contribution in [0.25, 0.3) is 11.3 Å². The number of aromatic nitrogens is 1. The number of carboxylic acid groups (broad SMARTS) is 1. The van der Waals surface area contributed by atoms with Gasteiger partial charge in [0, 0.05) is 37.1 Å². The first-order chi connectivity index (χ1) is 12.9. The molecule has 0 fully saturated rings. The second kappa shape index (κ2) is 10.2. The van der Waals surface area contributed by atoms with Gasteiger partial charge in [0.2, 0.25) is 0 Å². The van der Waals surface area contributed by atoms with Crippen molar-refractivity contribution in [2.24, 2.45) is 11.7 Å². The van der Waals surface area contributed by atoms with Crippen LogP contribution in [-0.4, -0.2) is 42.5 Å². The topological polar surface area (TPSA) is 107 Å². The Hall–Kier alpha value is -2.16. The second-order valence-corrected chi connectivity index (χ2v) is 7.46. The molecule has 0 aliphatic carbocycles. The Morgan fingerprint density at radius 3 is 2.81 bits per heavy atom. The zero-order chi connectivity index (χ0) is 19.8. The maximum atomic E-state index is 10.8. The number of hydrogen-bond donors (Lipinski definition) is 3. The van der Waals surface area contributed by atoms with Crippen LogP contribution >= 0.6 is 11.3 Å². The van der Waals surface area contributed by atoms with Crippen molar-refractivity contribution < 1.29 is 19.4 Å². The molecule has 4 N–H and O–H groups in total. The van der Waals surface area contributed by atoms with Gasteiger partial charge >= 0.3 is 6.09 Å². The third-order valence-electron chi connectivity index (χ3n) is 4.12. The van der Waals surface area contributed by atoms with E-state index in [0.29, 0.717) is 35.7 Å². The maximum absolute atomic E-state index is 10.8. The minimum Gasteiger partial charge on any atom is -0.493 e. The van der Waals surface area contributed by atoms with Crippen LogP contribution in [0.3, 0.4) is 0 Å². The minimum absolute atomic E-state index is 0.0721. The number of rotatable bonds is 10. The number of nitrogens with two attached hydrogens (primary N) is 1. The Balaban J connectivity index is 2.25. The van der Waals surface area contributed by atoms with E-state index in [-0.39, 0.29) is 6.04 Å². The van der Waals surface area contributed by atoms with Gasteiger partial charge in [-0.05, 0) is 30.0 Å². The van der Waals surface area contributed by atoms with Gasteiger partial charge in [-0.1, -0.05) is 19.9 Å². The predicted octanol–water partition coefficient (Wildman–Crippen LogP) is 3.84. The summed E-state index contributed by atoms with van der Waals surface area (Å²) < 4.78 is 11.0. The molecule has 27 heavy (non-hydrogen) atoms. The Morgan fingerprint density at radius 2 is 2.15 bits per heavy atom. The molecule has 0 bridgehead atoms. The summed E-state index contributed by atoms with van der Waals surface area (Å²) in [7, 11) is 1.66. The van der Waals surface area contributed by atoms with E-state index in [4.69, 9.17) is 20.3 Å². The van der Waals surface area contributed by atoms with Gasteiger partial charge in [-0.15, -0.1) is 11.3 Å². The van der Waals surface area contributed by atoms with Crippen LogP contribution in [0.5, 0.6) is 5.75 Å². The van der Waals surface area contributed by atoms with E-state index in [1.807, 2.05) is 23.6 Å². The Bertz CT molecular complexity index is 748. The number of anilines is 1. The van der Waals surface area contributed by atoms with Gasteiger partial charge < -0.3 is 20.3 Å². The van der Waals surface area contributed by atoms with Crippen molar-refractivity contribution in [3.05, 3.63) is 29.1 Å². The molecule has 148 valence electrons. The number of hydrogen-bond acceptors (Lipinski definition) is 6. The SMILES string of the molecule is COCCCOc1cc(CC(N)C(C)C)ccc1-c1csc(NC(=O)O)n1. The Labute approximate surface area is 163 Å². The van der Waals surface area contributed by atoms with E-state index in [9.17, 15) is 4.79 Å². The lowest BCUT2D eigenvalue weighted by molar-refractivity contribution is 0.172. The van der Waals surface area contributed by atoms with Gasteiger partial charge in [0.15, 0.2) is 5.13 Å². The van der Waals surface area contributed by atoms with Gasteiger partial charge in [0.25, 0.3) is 0 Å². The van der Waals surface area contributed by atoms with Crippen LogP contribution in [-0.2, 0) is 11.2 Å². The molecule has 0 saturated heterocycles. The molecule has 2 aromatic rings. The summed E-state index contributed by atoms with van der Waals surface area (Å²) in [4.78, 5) is 15.1. The van der Waals surface area contributed by atoms with Crippen LogP contribution in [0.2, 0.25) is 0 Å². The molecule has 1 amide bonds. The van der Waals surface area contributed by atoms with Gasteiger partial charge in [-0.3, -0.25) is 5.32 Å². The summed E-state index contributed by atoms with van der Waals surface area (Å²) >= 11 is 1.23. The van der Waals surface area contributed by atoms with E-state index in [1.165, 1.54) is 11.3 Å². The summed E-state index contributed by atoms with van der Waals surface area (Å²) in [5.41, 5.74) is 8.80. The first kappa shape index (κ1) is 21.1. The maximum Gasteiger partial charge on any atom is 0.410 e. The average Bonchev–Trinajstić information content (AvgIpc) is 3.06. The average molecular weight is 394 g/mol. The van der Waals surface area contributed by atoms with Gasteiger partial charge in [-0.2, -0.15) is 0 Å². The molecule has 0 aliphatic heterocycles. The lowest BCUT2D eigenvalue weighted by Crippen LogP contribution is -2.28. The Kier molecular flexibility index (Phi) is 8.02. The van der Waals surface area contributed by atoms with Crippen molar-refractivity contribution in [2.75, 3.05) is 25.6 Å². The molecule has 1 atom stereocenters. The van der Waals surface area contributed by atoms with Crippen LogP contribution in [0.1, 0.15) is 25.8 Å². The summed E-state index contributed by atoms with van der Waals surface area (Å²) in [6, 6.07) is 6.04. The first-order valence-corrected chi connectivity index (χ1v) is 9.74. The number of thiazole rings is 1. The molecule has 2 rings (SSSR count). The summed E-state index contributed by atoms with van der Waals surface area (Å²) in [5.74, 6) is 1.10. The number of carbonyl (C=O) groups is 1. The van der Waals surface area contributed by atoms with Crippen LogP contribution < -0.4 is 15.8 Å². The van der Waals surface area contributed by atoms with Gasteiger partial charge in [0.1, 0.15) is 5.75 Å². The zero-order valence-corrected chi connectivity index (χ0v) is 16.7. The van der Waals surface area contributed by atoms with Crippen molar-refractivity contribution in [1.82, 2.24) is 4.98 Å². The second-order valence-electron chi connectivity index (χ2n) is 6.61. The quantitative estimate of drug-likeness (QED) is 0.530. The van der Waals surface area contributed by atoms with Crippen molar-refractivity contribution in [1.29, 1.82) is 0 Å². The van der Waals surface area contributed by atoms with E-state index in [1.54, 1.807) is 7.11 Å². The highest BCUT2D eigenvalue weighted by Crippen LogP contribution is 2.33. The molecular weight excluding hydrogens is 366 g/mol. The highest BCUT2D eigenvalue weighted by molar-refractivity contribution is 7.14. The number of amides is 1. The van der Waals surface area contributed by atoms with Crippen molar-refractivity contribution in [2.45, 2.75) is 32.7 Å². The van der Waals surface area contributed by atoms with Gasteiger partial charge in [-0.25, -0.2) is 9.78 Å². The predicted molar refractivity (Wildman–Crippen MR) is 108 cm³/mol. The van der Waals surface area contributed by atoms with Crippen molar-refractivity contribution in [3.63, 3.8) is 0 Å². The largest absolute Gasteiger partial charge is 0.493 e. The van der Waals surface area contributed by atoms with E-state index in [2.05, 4.69) is 24.1 Å². The molecule has 0 spiro atoms. The molecule has 7 nitrogen and oxygen atoms in total. The summed E-state index contributed by atoms with van der Waals surface area (Å²) in [5, 5.41) is 13.2. The number of methoxy groups -OCH3 is 1. The molecule has 1 aromatic heterocycles. The van der Waals surface area contributed by atoms with Crippen LogP contribution in [0, 0.1) is 5.92 Å². The third kappa shape index (κ3) is 6.50. The summed E-state index contributed by atoms with van der Waals surface area (Å²) in [6.07, 6.45) is 0.397. The van der Waals surface area contributed by atoms with Crippen LogP contribution in [0.4, 0.5) is 9.93 Å². The number of nitrogens with one attached hydrogen (secondary N) is 1. The number of ether oxygens (including phenoxy) is 2. The smallest absolute Gasteiger partial charge is 0.410 e. The third-order valence-corrected chi connectivity index (χ3v) is 4.88. The molecule has 1 aromatic carbocycles. The highest BCUT2D eigenvalue weighted by atomic mass is 32.1. The first-order valence-electron chi connectivity index (χ1n) is 8.86. The molecule has 8 heteroatoms. The fraction of sp³-hybridized carbons (Fsp3) is 0.474. The zero-order valence-electron chi connectivity index (χ0n) is 15.9. The van der Waals surface area contributed by atoms with E-state index in [0.717, 1.165) is 24.0 Å². The monoisotopic (exact) mass is 393 g/mol. The van der Waals surface area contributed by atoms with E-state index < -0.39 is 6.09 Å². The minimum atomic E-state index is -1.13. The van der Waals surface area contributed by atoms with Gasteiger partial charge in [0.05, 0.1) is 12.3 Å². The number of benzene rings is 1. The fourth-order valence-corrected chi connectivity index (χ4v) is 3.16. The molecule has 0 radical (unpaired) electrons. The number of nitrogens with zero attached hydrogens (tertiary/aromatic N) is 1. The standard InChI is InChI=1S/C19H27N3O4S/c1-12(2)15(20)9-13-5-6-14(17(10-13)26-8-4-7-25-3)16-11-27-18(21-16)22-19(23)24/h5-6,10-12,15H,4,7-9,20H2,1-3H3,(H,21,22)(H,23,24).